The van der Waals surface area contributed by atoms with Crippen molar-refractivity contribution >= 4 is 44.9 Å². The molecule has 1 aromatic rings. The second-order valence-electron chi connectivity index (χ2n) is 2.87. The topological polar surface area (TPSA) is 17.1 Å². The molecule has 0 N–H and O–H groups in total. The summed E-state index contributed by atoms with van der Waals surface area (Å²) in [5.41, 5.74) is -0.958. The molecule has 0 bridgehead atoms. The van der Waals surface area contributed by atoms with Crippen molar-refractivity contribution in [2.24, 2.45) is 0 Å². The number of ketones is 1. The number of carbonyl (C=O) groups excluding carboxylic acids is 1. The molecular formula is C9H4BrCl2F3O. The molecule has 0 aliphatic heterocycles. The number of carbonyl (C=O) groups is 1. The van der Waals surface area contributed by atoms with Gasteiger partial charge in [-0.25, -0.2) is 0 Å². The van der Waals surface area contributed by atoms with Crippen LogP contribution >= 0.6 is 39.1 Å². The van der Waals surface area contributed by atoms with Crippen LogP contribution in [0, 0.1) is 0 Å². The van der Waals surface area contributed by atoms with Gasteiger partial charge in [0.15, 0.2) is 5.78 Å². The van der Waals surface area contributed by atoms with Gasteiger partial charge in [0, 0.05) is 10.0 Å². The molecule has 1 aromatic carbocycles. The Bertz CT molecular complexity index is 408. The van der Waals surface area contributed by atoms with Crippen LogP contribution in [0.1, 0.15) is 15.9 Å². The van der Waals surface area contributed by atoms with E-state index < -0.39 is 22.5 Å². The Balaban J connectivity index is 3.34. The van der Waals surface area contributed by atoms with Gasteiger partial charge in [-0.1, -0.05) is 27.5 Å². The van der Waals surface area contributed by atoms with Crippen LogP contribution in [0.15, 0.2) is 16.6 Å². The summed E-state index contributed by atoms with van der Waals surface area (Å²) in [4.78, 5) is 11.2. The second kappa shape index (κ2) is 4.94. The van der Waals surface area contributed by atoms with Crippen molar-refractivity contribution in [2.75, 3.05) is 5.88 Å². The average Bonchev–Trinajstić information content (AvgIpc) is 2.13. The van der Waals surface area contributed by atoms with Gasteiger partial charge in [0.2, 0.25) is 0 Å². The summed E-state index contributed by atoms with van der Waals surface area (Å²) >= 11 is 13.5. The lowest BCUT2D eigenvalue weighted by Gasteiger charge is -2.12. The smallest absolute Gasteiger partial charge is 0.293 e. The van der Waals surface area contributed by atoms with Crippen molar-refractivity contribution in [3.8, 4) is 0 Å². The Hall–Kier alpha value is -0.260. The van der Waals surface area contributed by atoms with Crippen LogP contribution in [0.25, 0.3) is 0 Å². The SMILES string of the molecule is O=C(CCl)c1cc(Cl)c(C(F)(F)F)c(Br)c1. The molecule has 0 aliphatic carbocycles. The second-order valence-corrected chi connectivity index (χ2v) is 4.40. The molecule has 0 heterocycles. The van der Waals surface area contributed by atoms with Crippen molar-refractivity contribution in [3.63, 3.8) is 0 Å². The summed E-state index contributed by atoms with van der Waals surface area (Å²) in [7, 11) is 0. The molecule has 0 atom stereocenters. The molecule has 0 aliphatic rings. The molecule has 0 spiro atoms. The fourth-order valence-corrected chi connectivity index (χ4v) is 2.36. The van der Waals surface area contributed by atoms with E-state index in [1.54, 1.807) is 0 Å². The first-order chi connectivity index (χ1) is 7.27. The van der Waals surface area contributed by atoms with E-state index in [0.717, 1.165) is 12.1 Å². The summed E-state index contributed by atoms with van der Waals surface area (Å²) in [5.74, 6) is -0.799. The Morgan fingerprint density at radius 1 is 1.38 bits per heavy atom. The van der Waals surface area contributed by atoms with Crippen LogP contribution in [0.4, 0.5) is 13.2 Å². The van der Waals surface area contributed by atoms with Crippen molar-refractivity contribution in [1.82, 2.24) is 0 Å². The zero-order valence-electron chi connectivity index (χ0n) is 7.54. The Kier molecular flexibility index (Phi) is 4.26. The van der Waals surface area contributed by atoms with E-state index in [9.17, 15) is 18.0 Å². The van der Waals surface area contributed by atoms with Gasteiger partial charge in [0.25, 0.3) is 0 Å². The summed E-state index contributed by atoms with van der Waals surface area (Å²) in [6, 6.07) is 2.01. The van der Waals surface area contributed by atoms with Crippen molar-refractivity contribution in [1.29, 1.82) is 0 Å². The zero-order chi connectivity index (χ0) is 12.5. The molecule has 0 radical (unpaired) electrons. The molecular weight excluding hydrogens is 332 g/mol. The number of benzene rings is 1. The molecule has 0 aromatic heterocycles. The van der Waals surface area contributed by atoms with Crippen molar-refractivity contribution in [2.45, 2.75) is 6.18 Å². The Labute approximate surface area is 108 Å². The predicted molar refractivity (Wildman–Crippen MR) is 59.2 cm³/mol. The lowest BCUT2D eigenvalue weighted by atomic mass is 10.1. The molecule has 0 unspecified atom stereocenters. The van der Waals surface area contributed by atoms with E-state index in [0.29, 0.717) is 0 Å². The van der Waals surface area contributed by atoms with Gasteiger partial charge < -0.3 is 0 Å². The van der Waals surface area contributed by atoms with Crippen LogP contribution < -0.4 is 0 Å². The maximum atomic E-state index is 12.5. The molecule has 7 heteroatoms. The van der Waals surface area contributed by atoms with E-state index in [-0.39, 0.29) is 15.9 Å². The maximum absolute atomic E-state index is 12.5. The lowest BCUT2D eigenvalue weighted by molar-refractivity contribution is -0.138. The van der Waals surface area contributed by atoms with Gasteiger partial charge in [-0.2, -0.15) is 13.2 Å². The summed E-state index contributed by atoms with van der Waals surface area (Å²) in [6.45, 7) is 0. The average molecular weight is 336 g/mol. The van der Waals surface area contributed by atoms with Crippen molar-refractivity contribution in [3.05, 3.63) is 32.8 Å². The largest absolute Gasteiger partial charge is 0.418 e. The number of alkyl halides is 4. The van der Waals surface area contributed by atoms with Gasteiger partial charge in [-0.3, -0.25) is 4.79 Å². The first-order valence-corrected chi connectivity index (χ1v) is 5.63. The zero-order valence-corrected chi connectivity index (χ0v) is 10.6. The Morgan fingerprint density at radius 3 is 2.31 bits per heavy atom. The van der Waals surface area contributed by atoms with Gasteiger partial charge in [-0.05, 0) is 12.1 Å². The van der Waals surface area contributed by atoms with Crippen LogP contribution in [-0.4, -0.2) is 11.7 Å². The summed E-state index contributed by atoms with van der Waals surface area (Å²) in [6.07, 6.45) is -4.57. The van der Waals surface area contributed by atoms with Gasteiger partial charge in [0.1, 0.15) is 0 Å². The monoisotopic (exact) mass is 334 g/mol. The molecule has 0 amide bonds. The summed E-state index contributed by atoms with van der Waals surface area (Å²) in [5, 5.41) is -0.532. The number of rotatable bonds is 2. The quantitative estimate of drug-likeness (QED) is 0.572. The number of Topliss-reactive ketones (excluding diaryl/α,β-unsaturated/α-hetero) is 1. The highest BCUT2D eigenvalue weighted by Gasteiger charge is 2.36. The molecule has 0 fully saturated rings. The number of hydrogen-bond donors (Lipinski definition) is 0. The van der Waals surface area contributed by atoms with Crippen molar-refractivity contribution < 1.29 is 18.0 Å². The van der Waals surface area contributed by atoms with E-state index in [2.05, 4.69) is 15.9 Å². The van der Waals surface area contributed by atoms with Crippen LogP contribution in [-0.2, 0) is 6.18 Å². The maximum Gasteiger partial charge on any atom is 0.418 e. The van der Waals surface area contributed by atoms with Gasteiger partial charge >= 0.3 is 6.18 Å². The van der Waals surface area contributed by atoms with Crippen LogP contribution in [0.3, 0.4) is 0 Å². The first kappa shape index (κ1) is 13.8. The first-order valence-electron chi connectivity index (χ1n) is 3.92. The van der Waals surface area contributed by atoms with E-state index >= 15 is 0 Å². The normalized spacial score (nSPS) is 11.6. The van der Waals surface area contributed by atoms with Gasteiger partial charge in [0.05, 0.1) is 16.5 Å². The third-order valence-corrected chi connectivity index (χ3v) is 2.94. The third kappa shape index (κ3) is 2.90. The number of halogens is 6. The third-order valence-electron chi connectivity index (χ3n) is 1.77. The standard InChI is InChI=1S/C9H4BrCl2F3O/c10-5-1-4(7(16)3-11)2-6(12)8(5)9(13,14)15/h1-2H,3H2. The minimum absolute atomic E-state index is 0.0416. The molecule has 88 valence electrons. The number of hydrogen-bond acceptors (Lipinski definition) is 1. The fourth-order valence-electron chi connectivity index (χ4n) is 1.08. The molecule has 16 heavy (non-hydrogen) atoms. The molecule has 0 saturated carbocycles. The minimum Gasteiger partial charge on any atom is -0.293 e. The molecule has 1 nitrogen and oxygen atoms in total. The highest BCUT2D eigenvalue weighted by Crippen LogP contribution is 2.40. The lowest BCUT2D eigenvalue weighted by Crippen LogP contribution is -2.09. The predicted octanol–water partition coefficient (Wildman–Crippen LogP) is 4.54. The highest BCUT2D eigenvalue weighted by molar-refractivity contribution is 9.10. The van der Waals surface area contributed by atoms with Crippen LogP contribution in [0.2, 0.25) is 5.02 Å². The van der Waals surface area contributed by atoms with Crippen LogP contribution in [0.5, 0.6) is 0 Å². The highest BCUT2D eigenvalue weighted by atomic mass is 79.9. The van der Waals surface area contributed by atoms with E-state index in [4.69, 9.17) is 23.2 Å². The molecule has 1 rings (SSSR count). The fraction of sp³-hybridized carbons (Fsp3) is 0.222. The summed E-state index contributed by atoms with van der Waals surface area (Å²) < 4.78 is 37.2. The Morgan fingerprint density at radius 2 is 1.94 bits per heavy atom. The van der Waals surface area contributed by atoms with Gasteiger partial charge in [-0.15, -0.1) is 11.6 Å². The van der Waals surface area contributed by atoms with E-state index in [1.165, 1.54) is 0 Å². The van der Waals surface area contributed by atoms with E-state index in [1.807, 2.05) is 0 Å². The molecule has 0 saturated heterocycles. The minimum atomic E-state index is -4.57.